The van der Waals surface area contributed by atoms with E-state index >= 15 is 0 Å². The van der Waals surface area contributed by atoms with Crippen LogP contribution in [0.15, 0.2) is 60.7 Å². The molecule has 1 heterocycles. The van der Waals surface area contributed by atoms with Crippen molar-refractivity contribution in [3.05, 3.63) is 83.0 Å². The second kappa shape index (κ2) is 9.64. The van der Waals surface area contributed by atoms with Gasteiger partial charge in [-0.15, -0.1) is 0 Å². The number of pyridine rings is 1. The zero-order valence-electron chi connectivity index (χ0n) is 18.1. The molecule has 6 heteroatoms. The molecule has 1 fully saturated rings. The van der Waals surface area contributed by atoms with Crippen molar-refractivity contribution in [1.29, 1.82) is 0 Å². The van der Waals surface area contributed by atoms with Gasteiger partial charge in [0.15, 0.2) is 5.69 Å². The van der Waals surface area contributed by atoms with Gasteiger partial charge >= 0.3 is 5.97 Å². The van der Waals surface area contributed by atoms with E-state index in [1.807, 2.05) is 19.1 Å². The summed E-state index contributed by atoms with van der Waals surface area (Å²) in [5, 5.41) is 15.2. The van der Waals surface area contributed by atoms with E-state index in [4.69, 9.17) is 5.11 Å². The van der Waals surface area contributed by atoms with Crippen LogP contribution in [0.2, 0.25) is 0 Å². The van der Waals surface area contributed by atoms with Gasteiger partial charge in [-0.25, -0.2) is 9.78 Å². The number of carboxylic acid groups (broad SMARTS) is 1. The first-order chi connectivity index (χ1) is 15.5. The summed E-state index contributed by atoms with van der Waals surface area (Å²) in [7, 11) is 0. The summed E-state index contributed by atoms with van der Waals surface area (Å²) < 4.78 is 0. The summed E-state index contributed by atoms with van der Waals surface area (Å²) in [5.74, 6) is -0.176. The number of carbonyl (C=O) groups is 2. The Morgan fingerprint density at radius 2 is 1.72 bits per heavy atom. The number of anilines is 3. The number of carbonyl (C=O) groups excluding carboxylic acids is 1. The van der Waals surface area contributed by atoms with E-state index in [2.05, 4.69) is 27.8 Å². The highest BCUT2D eigenvalue weighted by atomic mass is 16.4. The minimum atomic E-state index is -1.08. The van der Waals surface area contributed by atoms with Crippen LogP contribution in [-0.4, -0.2) is 22.0 Å². The van der Waals surface area contributed by atoms with E-state index in [0.29, 0.717) is 17.3 Å². The normalized spacial score (nSPS) is 14.0. The minimum absolute atomic E-state index is 0.0295. The predicted octanol–water partition coefficient (Wildman–Crippen LogP) is 6.13. The number of aryl methyl sites for hydroxylation is 1. The molecule has 1 aliphatic carbocycles. The third-order valence-corrected chi connectivity index (χ3v) is 5.96. The first-order valence-electron chi connectivity index (χ1n) is 11.0. The van der Waals surface area contributed by atoms with Crippen LogP contribution < -0.4 is 10.6 Å². The van der Waals surface area contributed by atoms with E-state index in [1.165, 1.54) is 43.7 Å². The lowest BCUT2D eigenvalue weighted by Crippen LogP contribution is -2.12. The number of amides is 1. The molecule has 0 radical (unpaired) electrons. The standard InChI is InChI=1S/C26H27N3O3/c1-17-16-20(12-15-22(17)28-24-9-5-8-23(29-24)26(31)32)25(30)27-21-13-10-19(11-14-21)18-6-3-2-4-7-18/h5,8-16,18H,2-4,6-7H2,1H3,(H,27,30)(H,28,29)(H,31,32). The fraction of sp³-hybridized carbons (Fsp3) is 0.269. The molecule has 0 saturated heterocycles. The average molecular weight is 430 g/mol. The number of hydrogen-bond donors (Lipinski definition) is 3. The highest BCUT2D eigenvalue weighted by Crippen LogP contribution is 2.33. The zero-order chi connectivity index (χ0) is 22.5. The first-order valence-corrected chi connectivity index (χ1v) is 11.0. The molecule has 32 heavy (non-hydrogen) atoms. The van der Waals surface area contributed by atoms with Gasteiger partial charge < -0.3 is 15.7 Å². The number of hydrogen-bond acceptors (Lipinski definition) is 4. The zero-order valence-corrected chi connectivity index (χ0v) is 18.1. The number of nitrogens with one attached hydrogen (secondary N) is 2. The van der Waals surface area contributed by atoms with E-state index in [0.717, 1.165) is 16.9 Å². The maximum absolute atomic E-state index is 12.7. The van der Waals surface area contributed by atoms with E-state index in [1.54, 1.807) is 30.3 Å². The minimum Gasteiger partial charge on any atom is -0.477 e. The van der Waals surface area contributed by atoms with Gasteiger partial charge in [-0.1, -0.05) is 37.5 Å². The molecule has 6 nitrogen and oxygen atoms in total. The van der Waals surface area contributed by atoms with Gasteiger partial charge in [0, 0.05) is 16.9 Å². The van der Waals surface area contributed by atoms with Crippen molar-refractivity contribution in [3.8, 4) is 0 Å². The molecule has 0 atom stereocenters. The summed E-state index contributed by atoms with van der Waals surface area (Å²) >= 11 is 0. The summed E-state index contributed by atoms with van der Waals surface area (Å²) in [6, 6.07) is 18.3. The van der Waals surface area contributed by atoms with Crippen molar-refractivity contribution in [2.45, 2.75) is 44.9 Å². The molecular formula is C26H27N3O3. The van der Waals surface area contributed by atoms with Gasteiger partial charge in [0.05, 0.1) is 0 Å². The van der Waals surface area contributed by atoms with Gasteiger partial charge in [-0.05, 0) is 79.3 Å². The molecule has 1 aromatic heterocycles. The largest absolute Gasteiger partial charge is 0.477 e. The molecule has 1 saturated carbocycles. The van der Waals surface area contributed by atoms with Crippen molar-refractivity contribution >= 4 is 29.1 Å². The molecule has 3 aromatic rings. The number of carboxylic acids is 1. The van der Waals surface area contributed by atoms with Crippen LogP contribution in [-0.2, 0) is 0 Å². The smallest absolute Gasteiger partial charge is 0.354 e. The summed E-state index contributed by atoms with van der Waals surface area (Å²) in [4.78, 5) is 27.9. The Morgan fingerprint density at radius 3 is 2.41 bits per heavy atom. The van der Waals surface area contributed by atoms with E-state index in [9.17, 15) is 9.59 Å². The topological polar surface area (TPSA) is 91.3 Å². The molecule has 0 aliphatic heterocycles. The number of nitrogens with zero attached hydrogens (tertiary/aromatic N) is 1. The lowest BCUT2D eigenvalue weighted by Gasteiger charge is -2.22. The van der Waals surface area contributed by atoms with Crippen LogP contribution in [0.3, 0.4) is 0 Å². The lowest BCUT2D eigenvalue weighted by atomic mass is 9.84. The quantitative estimate of drug-likeness (QED) is 0.438. The van der Waals surface area contributed by atoms with E-state index in [-0.39, 0.29) is 11.6 Å². The highest BCUT2D eigenvalue weighted by molar-refractivity contribution is 6.04. The Bertz CT molecular complexity index is 1120. The SMILES string of the molecule is Cc1cc(C(=O)Nc2ccc(C3CCCCC3)cc2)ccc1Nc1cccc(C(=O)O)n1. The van der Waals surface area contributed by atoms with Crippen molar-refractivity contribution < 1.29 is 14.7 Å². The molecule has 2 aromatic carbocycles. The maximum atomic E-state index is 12.7. The van der Waals surface area contributed by atoms with Crippen molar-refractivity contribution in [3.63, 3.8) is 0 Å². The molecule has 164 valence electrons. The Morgan fingerprint density at radius 1 is 0.969 bits per heavy atom. The van der Waals surface area contributed by atoms with Crippen molar-refractivity contribution in [2.24, 2.45) is 0 Å². The van der Waals surface area contributed by atoms with Crippen molar-refractivity contribution in [1.82, 2.24) is 4.98 Å². The third kappa shape index (κ3) is 5.14. The summed E-state index contributed by atoms with van der Waals surface area (Å²) in [6.07, 6.45) is 6.44. The molecule has 1 amide bonds. The molecule has 1 aliphatic rings. The van der Waals surface area contributed by atoms with Crippen LogP contribution in [0.4, 0.5) is 17.2 Å². The summed E-state index contributed by atoms with van der Waals surface area (Å²) in [6.45, 7) is 1.89. The second-order valence-corrected chi connectivity index (χ2v) is 8.28. The first kappa shape index (κ1) is 21.6. The third-order valence-electron chi connectivity index (χ3n) is 5.96. The van der Waals surface area contributed by atoms with Gasteiger partial charge in [0.25, 0.3) is 5.91 Å². The molecule has 3 N–H and O–H groups in total. The Labute approximate surface area is 187 Å². The Kier molecular flexibility index (Phi) is 6.50. The molecule has 4 rings (SSSR count). The number of benzene rings is 2. The number of aromatic nitrogens is 1. The molecule has 0 unspecified atom stereocenters. The predicted molar refractivity (Wildman–Crippen MR) is 126 cm³/mol. The summed E-state index contributed by atoms with van der Waals surface area (Å²) in [5.41, 5.74) is 4.27. The van der Waals surface area contributed by atoms with E-state index < -0.39 is 5.97 Å². The molecule has 0 spiro atoms. The molecular weight excluding hydrogens is 402 g/mol. The van der Waals surface area contributed by atoms with Crippen molar-refractivity contribution in [2.75, 3.05) is 10.6 Å². The van der Waals surface area contributed by atoms with Crippen LogP contribution in [0, 0.1) is 6.92 Å². The van der Waals surface area contributed by atoms with Crippen LogP contribution in [0.1, 0.15) is 70.0 Å². The lowest BCUT2D eigenvalue weighted by molar-refractivity contribution is 0.0690. The molecule has 0 bridgehead atoms. The Balaban J connectivity index is 1.41. The fourth-order valence-electron chi connectivity index (χ4n) is 4.18. The highest BCUT2D eigenvalue weighted by Gasteiger charge is 2.15. The fourth-order valence-corrected chi connectivity index (χ4v) is 4.18. The second-order valence-electron chi connectivity index (χ2n) is 8.28. The monoisotopic (exact) mass is 429 g/mol. The van der Waals surface area contributed by atoms with Crippen LogP contribution in [0.25, 0.3) is 0 Å². The average Bonchev–Trinajstić information content (AvgIpc) is 2.81. The van der Waals surface area contributed by atoms with Crippen LogP contribution in [0.5, 0.6) is 0 Å². The maximum Gasteiger partial charge on any atom is 0.354 e. The Hall–Kier alpha value is -3.67. The number of aromatic carboxylic acids is 1. The van der Waals surface area contributed by atoms with Gasteiger partial charge in [-0.2, -0.15) is 0 Å². The van der Waals surface area contributed by atoms with Gasteiger partial charge in [0.1, 0.15) is 5.82 Å². The number of rotatable bonds is 6. The van der Waals surface area contributed by atoms with Gasteiger partial charge in [-0.3, -0.25) is 4.79 Å². The van der Waals surface area contributed by atoms with Crippen LogP contribution >= 0.6 is 0 Å². The van der Waals surface area contributed by atoms with Gasteiger partial charge in [0.2, 0.25) is 0 Å².